The number of fused-ring (bicyclic) bond motifs is 1. The quantitative estimate of drug-likeness (QED) is 0.646. The van der Waals surface area contributed by atoms with Gasteiger partial charge in [-0.2, -0.15) is 0 Å². The van der Waals surface area contributed by atoms with Crippen molar-refractivity contribution in [2.75, 3.05) is 12.0 Å². The summed E-state index contributed by atoms with van der Waals surface area (Å²) in [7, 11) is 0. The van der Waals surface area contributed by atoms with Crippen LogP contribution in [-0.4, -0.2) is 25.8 Å². The van der Waals surface area contributed by atoms with Crippen LogP contribution in [0.25, 0.3) is 5.65 Å². The molecule has 0 unspecified atom stereocenters. The number of imidazole rings is 1. The van der Waals surface area contributed by atoms with E-state index in [1.807, 2.05) is 16.9 Å². The third-order valence-corrected chi connectivity index (χ3v) is 2.15. The molecule has 0 aromatic carbocycles. The molecule has 0 fully saturated rings. The molecule has 12 heavy (non-hydrogen) atoms. The molecule has 5 nitrogen and oxygen atoms in total. The number of nitrogens with zero attached hydrogens (tertiary/aromatic N) is 4. The van der Waals surface area contributed by atoms with Crippen molar-refractivity contribution in [3.63, 3.8) is 0 Å². The van der Waals surface area contributed by atoms with E-state index in [0.29, 0.717) is 11.5 Å². The Balaban J connectivity index is 2.82. The maximum Gasteiger partial charge on any atom is 0.195 e. The Hall–Kier alpha value is -1.30. The van der Waals surface area contributed by atoms with Crippen molar-refractivity contribution in [2.45, 2.75) is 5.16 Å². The van der Waals surface area contributed by atoms with Crippen LogP contribution in [0.15, 0.2) is 17.6 Å². The fourth-order valence-corrected chi connectivity index (χ4v) is 1.44. The summed E-state index contributed by atoms with van der Waals surface area (Å²) in [6.07, 6.45) is 5.42. The van der Waals surface area contributed by atoms with E-state index in [1.165, 1.54) is 11.8 Å². The molecule has 0 bridgehead atoms. The van der Waals surface area contributed by atoms with Crippen molar-refractivity contribution in [3.05, 3.63) is 12.4 Å². The maximum atomic E-state index is 5.56. The normalized spacial score (nSPS) is 10.8. The minimum Gasteiger partial charge on any atom is -0.379 e. The highest BCUT2D eigenvalue weighted by Gasteiger charge is 2.05. The summed E-state index contributed by atoms with van der Waals surface area (Å²) in [5, 5.41) is 8.47. The van der Waals surface area contributed by atoms with E-state index in [0.717, 1.165) is 5.16 Å². The second-order valence-corrected chi connectivity index (χ2v) is 2.97. The Bertz CT molecular complexity index is 409. The number of nitrogens with two attached hydrogens (primary N) is 1. The topological polar surface area (TPSA) is 69.1 Å². The van der Waals surface area contributed by atoms with E-state index in [9.17, 15) is 0 Å². The Labute approximate surface area is 73.0 Å². The molecule has 0 amide bonds. The lowest BCUT2D eigenvalue weighted by molar-refractivity contribution is 0.815. The van der Waals surface area contributed by atoms with Crippen LogP contribution in [0.5, 0.6) is 0 Å². The average molecular weight is 181 g/mol. The van der Waals surface area contributed by atoms with E-state index in [4.69, 9.17) is 5.73 Å². The van der Waals surface area contributed by atoms with Crippen LogP contribution in [-0.2, 0) is 0 Å². The lowest BCUT2D eigenvalue weighted by Gasteiger charge is -1.99. The molecule has 2 heterocycles. The van der Waals surface area contributed by atoms with Gasteiger partial charge >= 0.3 is 0 Å². The molecule has 2 aromatic rings. The van der Waals surface area contributed by atoms with Gasteiger partial charge in [0.25, 0.3) is 0 Å². The number of hydrogen-bond donors (Lipinski definition) is 1. The van der Waals surface area contributed by atoms with Crippen molar-refractivity contribution in [2.24, 2.45) is 0 Å². The van der Waals surface area contributed by atoms with Crippen LogP contribution in [0.1, 0.15) is 0 Å². The Kier molecular flexibility index (Phi) is 1.61. The van der Waals surface area contributed by atoms with Crippen LogP contribution < -0.4 is 5.73 Å². The molecule has 0 aliphatic heterocycles. The van der Waals surface area contributed by atoms with E-state index in [1.54, 1.807) is 6.20 Å². The summed E-state index contributed by atoms with van der Waals surface area (Å²) >= 11 is 1.51. The molecule has 0 saturated carbocycles. The Morgan fingerprint density at radius 2 is 2.33 bits per heavy atom. The largest absolute Gasteiger partial charge is 0.379 e. The molecule has 0 aliphatic carbocycles. The zero-order chi connectivity index (χ0) is 8.55. The highest BCUT2D eigenvalue weighted by Crippen LogP contribution is 2.14. The number of nitrogen functional groups attached to an aromatic ring is 1. The molecule has 2 rings (SSSR count). The van der Waals surface area contributed by atoms with E-state index >= 15 is 0 Å². The SMILES string of the molecule is CSc1nnc(N)c2nccn12. The van der Waals surface area contributed by atoms with Gasteiger partial charge in [-0.1, -0.05) is 11.8 Å². The fraction of sp³-hybridized carbons (Fsp3) is 0.167. The molecule has 2 N–H and O–H groups in total. The van der Waals surface area contributed by atoms with Crippen LogP contribution in [0, 0.1) is 0 Å². The van der Waals surface area contributed by atoms with Gasteiger partial charge in [0.1, 0.15) is 0 Å². The van der Waals surface area contributed by atoms with Gasteiger partial charge in [-0.05, 0) is 6.26 Å². The summed E-state index contributed by atoms with van der Waals surface area (Å²) in [4.78, 5) is 4.05. The average Bonchev–Trinajstić information content (AvgIpc) is 2.54. The second kappa shape index (κ2) is 2.63. The first-order valence-corrected chi connectivity index (χ1v) is 4.54. The third kappa shape index (κ3) is 0.918. The van der Waals surface area contributed by atoms with Gasteiger partial charge < -0.3 is 5.73 Å². The minimum absolute atomic E-state index is 0.359. The molecule has 0 atom stereocenters. The lowest BCUT2D eigenvalue weighted by atomic mass is 10.7. The number of aromatic nitrogens is 4. The van der Waals surface area contributed by atoms with Crippen LogP contribution in [0.4, 0.5) is 5.82 Å². The van der Waals surface area contributed by atoms with Gasteiger partial charge in [0.15, 0.2) is 16.6 Å². The summed E-state index contributed by atoms with van der Waals surface area (Å²) < 4.78 is 1.81. The number of anilines is 1. The molecule has 62 valence electrons. The van der Waals surface area contributed by atoms with Gasteiger partial charge in [0.2, 0.25) is 0 Å². The number of rotatable bonds is 1. The van der Waals surface area contributed by atoms with E-state index < -0.39 is 0 Å². The molecule has 6 heteroatoms. The number of thioether (sulfide) groups is 1. The van der Waals surface area contributed by atoms with Crippen molar-refractivity contribution < 1.29 is 0 Å². The van der Waals surface area contributed by atoms with Gasteiger partial charge in [-0.25, -0.2) is 4.98 Å². The van der Waals surface area contributed by atoms with Gasteiger partial charge in [0, 0.05) is 12.4 Å². The first-order chi connectivity index (χ1) is 5.83. The summed E-state index contributed by atoms with van der Waals surface area (Å²) in [6.45, 7) is 0. The lowest BCUT2D eigenvalue weighted by Crippen LogP contribution is -2.01. The summed E-state index contributed by atoms with van der Waals surface area (Å²) in [6, 6.07) is 0. The van der Waals surface area contributed by atoms with Crippen LogP contribution in [0.2, 0.25) is 0 Å². The summed E-state index contributed by atoms with van der Waals surface area (Å²) in [5.74, 6) is 0.359. The van der Waals surface area contributed by atoms with Gasteiger partial charge in [0.05, 0.1) is 0 Å². The Morgan fingerprint density at radius 1 is 1.50 bits per heavy atom. The number of hydrogen-bond acceptors (Lipinski definition) is 5. The van der Waals surface area contributed by atoms with Crippen molar-refractivity contribution in [1.82, 2.24) is 19.6 Å². The standard InChI is InChI=1S/C6H7N5S/c1-12-6-10-9-4(7)5-8-2-3-11(5)6/h2-3H,1H3,(H2,7,9). The molecule has 0 saturated heterocycles. The molecular weight excluding hydrogens is 174 g/mol. The zero-order valence-corrected chi connectivity index (χ0v) is 7.25. The molecule has 0 radical (unpaired) electrons. The molecular formula is C6H7N5S. The molecule has 0 aliphatic rings. The monoisotopic (exact) mass is 181 g/mol. The predicted octanol–water partition coefficient (Wildman–Crippen LogP) is 0.428. The highest BCUT2D eigenvalue weighted by atomic mass is 32.2. The van der Waals surface area contributed by atoms with Crippen molar-refractivity contribution in [1.29, 1.82) is 0 Å². The zero-order valence-electron chi connectivity index (χ0n) is 6.43. The minimum atomic E-state index is 0.359. The molecule has 2 aromatic heterocycles. The maximum absolute atomic E-state index is 5.56. The van der Waals surface area contributed by atoms with Crippen LogP contribution >= 0.6 is 11.8 Å². The Morgan fingerprint density at radius 3 is 3.08 bits per heavy atom. The molecule has 0 spiro atoms. The fourth-order valence-electron chi connectivity index (χ4n) is 0.976. The van der Waals surface area contributed by atoms with Crippen molar-refractivity contribution >= 4 is 23.2 Å². The highest BCUT2D eigenvalue weighted by molar-refractivity contribution is 7.98. The first kappa shape index (κ1) is 7.35. The van der Waals surface area contributed by atoms with Gasteiger partial charge in [-0.15, -0.1) is 10.2 Å². The summed E-state index contributed by atoms with van der Waals surface area (Å²) in [5.41, 5.74) is 6.22. The van der Waals surface area contributed by atoms with Crippen LogP contribution in [0.3, 0.4) is 0 Å². The van der Waals surface area contributed by atoms with E-state index in [-0.39, 0.29) is 0 Å². The second-order valence-electron chi connectivity index (χ2n) is 2.19. The first-order valence-electron chi connectivity index (χ1n) is 3.32. The van der Waals surface area contributed by atoms with Gasteiger partial charge in [-0.3, -0.25) is 4.40 Å². The predicted molar refractivity (Wildman–Crippen MR) is 47.0 cm³/mol. The smallest absolute Gasteiger partial charge is 0.195 e. The van der Waals surface area contributed by atoms with Crippen molar-refractivity contribution in [3.8, 4) is 0 Å². The van der Waals surface area contributed by atoms with E-state index in [2.05, 4.69) is 15.2 Å². The third-order valence-electron chi connectivity index (χ3n) is 1.50.